The van der Waals surface area contributed by atoms with Gasteiger partial charge in [-0.25, -0.2) is 9.97 Å². The smallest absolute Gasteiger partial charge is 0.160 e. The second-order valence-electron chi connectivity index (χ2n) is 14.5. The van der Waals surface area contributed by atoms with Crippen molar-refractivity contribution in [1.29, 1.82) is 0 Å². The molecule has 0 radical (unpaired) electrons. The van der Waals surface area contributed by atoms with E-state index in [0.717, 1.165) is 111 Å². The number of aromatic nitrogens is 3. The SMILES string of the molecule is Cc1cc(-c2cc(-c3cc(-c4cccc5c4oc4ccccc45)cc(-c4cccc5c4oc4ccccc45)c3)nc(-c3ccccc3)n2)ccc1-c1cccnc1. The summed E-state index contributed by atoms with van der Waals surface area (Å²) in [5.74, 6) is 0.655. The minimum Gasteiger partial charge on any atom is -0.455 e. The highest BCUT2D eigenvalue weighted by molar-refractivity contribution is 6.11. The molecule has 0 unspecified atom stereocenters. The van der Waals surface area contributed by atoms with Crippen LogP contribution in [-0.2, 0) is 0 Å². The molecule has 4 heterocycles. The maximum absolute atomic E-state index is 6.60. The Morgan fingerprint density at radius 1 is 0.386 bits per heavy atom. The highest BCUT2D eigenvalue weighted by Gasteiger charge is 2.19. The van der Waals surface area contributed by atoms with E-state index in [1.807, 2.05) is 54.7 Å². The molecular formula is C52H33N3O2. The van der Waals surface area contributed by atoms with E-state index >= 15 is 0 Å². The number of pyridine rings is 1. The molecule has 11 aromatic rings. The highest BCUT2D eigenvalue weighted by Crippen LogP contribution is 2.42. The molecule has 0 saturated carbocycles. The Morgan fingerprint density at radius 3 is 1.56 bits per heavy atom. The zero-order chi connectivity index (χ0) is 37.9. The first-order valence-electron chi connectivity index (χ1n) is 19.1. The van der Waals surface area contributed by atoms with Crippen LogP contribution in [0.5, 0.6) is 0 Å². The number of hydrogen-bond acceptors (Lipinski definition) is 5. The fourth-order valence-electron chi connectivity index (χ4n) is 8.16. The average Bonchev–Trinajstić information content (AvgIpc) is 3.85. The van der Waals surface area contributed by atoms with E-state index in [-0.39, 0.29) is 0 Å². The lowest BCUT2D eigenvalue weighted by molar-refractivity contribution is 0.670. The number of para-hydroxylation sites is 4. The number of benzene rings is 7. The van der Waals surface area contributed by atoms with Crippen molar-refractivity contribution in [3.63, 3.8) is 0 Å². The van der Waals surface area contributed by atoms with E-state index in [1.165, 1.54) is 0 Å². The molecule has 11 rings (SSSR count). The molecule has 0 saturated heterocycles. The minimum absolute atomic E-state index is 0.655. The Labute approximate surface area is 328 Å². The molecule has 0 spiro atoms. The lowest BCUT2D eigenvalue weighted by Gasteiger charge is -2.14. The van der Waals surface area contributed by atoms with Gasteiger partial charge in [0.2, 0.25) is 0 Å². The van der Waals surface area contributed by atoms with Gasteiger partial charge in [0.15, 0.2) is 5.82 Å². The third-order valence-corrected chi connectivity index (χ3v) is 10.9. The van der Waals surface area contributed by atoms with Gasteiger partial charge in [-0.2, -0.15) is 0 Å². The Balaban J connectivity index is 1.16. The zero-order valence-electron chi connectivity index (χ0n) is 31.0. The summed E-state index contributed by atoms with van der Waals surface area (Å²) in [5.41, 5.74) is 15.4. The molecule has 0 aliphatic rings. The summed E-state index contributed by atoms with van der Waals surface area (Å²) >= 11 is 0. The third-order valence-electron chi connectivity index (χ3n) is 10.9. The maximum Gasteiger partial charge on any atom is 0.160 e. The van der Waals surface area contributed by atoms with Crippen LogP contribution in [0.25, 0.3) is 111 Å². The molecule has 0 atom stereocenters. The summed E-state index contributed by atoms with van der Waals surface area (Å²) in [6, 6.07) is 58.8. The molecule has 7 aromatic carbocycles. The van der Waals surface area contributed by atoms with E-state index in [1.54, 1.807) is 6.20 Å². The average molecular weight is 732 g/mol. The molecule has 5 nitrogen and oxygen atoms in total. The van der Waals surface area contributed by atoms with Crippen molar-refractivity contribution in [2.24, 2.45) is 0 Å². The van der Waals surface area contributed by atoms with Gasteiger partial charge >= 0.3 is 0 Å². The van der Waals surface area contributed by atoms with Gasteiger partial charge in [-0.3, -0.25) is 4.98 Å². The number of fused-ring (bicyclic) bond motifs is 6. The number of aryl methyl sites for hydroxylation is 1. The molecule has 4 aromatic heterocycles. The molecule has 57 heavy (non-hydrogen) atoms. The molecule has 0 aliphatic heterocycles. The Morgan fingerprint density at radius 2 is 0.947 bits per heavy atom. The van der Waals surface area contributed by atoms with Crippen molar-refractivity contribution in [3.8, 4) is 67.3 Å². The number of rotatable bonds is 6. The van der Waals surface area contributed by atoms with Crippen molar-refractivity contribution < 1.29 is 8.83 Å². The van der Waals surface area contributed by atoms with Crippen LogP contribution in [0.4, 0.5) is 0 Å². The number of nitrogens with zero attached hydrogens (tertiary/aromatic N) is 3. The topological polar surface area (TPSA) is 65.0 Å². The summed E-state index contributed by atoms with van der Waals surface area (Å²) < 4.78 is 13.2. The predicted octanol–water partition coefficient (Wildman–Crippen LogP) is 14.0. The zero-order valence-corrected chi connectivity index (χ0v) is 31.0. The van der Waals surface area contributed by atoms with Crippen molar-refractivity contribution >= 4 is 43.9 Å². The van der Waals surface area contributed by atoms with Gasteiger partial charge in [0, 0.05) is 67.3 Å². The van der Waals surface area contributed by atoms with E-state index in [2.05, 4.69) is 133 Å². The second-order valence-corrected chi connectivity index (χ2v) is 14.5. The van der Waals surface area contributed by atoms with E-state index in [4.69, 9.17) is 18.8 Å². The van der Waals surface area contributed by atoms with E-state index < -0.39 is 0 Å². The van der Waals surface area contributed by atoms with Crippen LogP contribution in [0.15, 0.2) is 191 Å². The van der Waals surface area contributed by atoms with Gasteiger partial charge < -0.3 is 8.83 Å². The fraction of sp³-hybridized carbons (Fsp3) is 0.0192. The maximum atomic E-state index is 6.60. The number of hydrogen-bond donors (Lipinski definition) is 0. The molecule has 268 valence electrons. The van der Waals surface area contributed by atoms with E-state index in [9.17, 15) is 0 Å². The van der Waals surface area contributed by atoms with Crippen molar-refractivity contribution in [2.75, 3.05) is 0 Å². The van der Waals surface area contributed by atoms with Crippen molar-refractivity contribution in [3.05, 3.63) is 188 Å². The highest BCUT2D eigenvalue weighted by atomic mass is 16.3. The van der Waals surface area contributed by atoms with Crippen LogP contribution in [0.3, 0.4) is 0 Å². The van der Waals surface area contributed by atoms with Crippen LogP contribution in [-0.4, -0.2) is 15.0 Å². The Bertz CT molecular complexity index is 3180. The van der Waals surface area contributed by atoms with Crippen LogP contribution < -0.4 is 0 Å². The Kier molecular flexibility index (Phi) is 7.64. The summed E-state index contributed by atoms with van der Waals surface area (Å²) in [4.78, 5) is 14.8. The summed E-state index contributed by atoms with van der Waals surface area (Å²) in [5, 5.41) is 4.34. The van der Waals surface area contributed by atoms with Crippen LogP contribution >= 0.6 is 0 Å². The summed E-state index contributed by atoms with van der Waals surface area (Å²) in [6.07, 6.45) is 3.70. The Hall–Kier alpha value is -7.63. The number of furan rings is 2. The molecule has 0 aliphatic carbocycles. The first-order chi connectivity index (χ1) is 28.1. The van der Waals surface area contributed by atoms with Gasteiger partial charge in [-0.15, -0.1) is 0 Å². The van der Waals surface area contributed by atoms with Crippen molar-refractivity contribution in [1.82, 2.24) is 15.0 Å². The standard InChI is InChI=1S/C52H33N3O2/c1-32-26-34(23-24-39(32)35-14-11-25-53-31-35)46-30-47(55-52(54-46)33-12-3-2-4-13-33)38-28-36(40-17-9-19-44-42-15-5-7-21-48(42)56-50(40)44)27-37(29-38)41-18-10-20-45-43-16-6-8-22-49(43)57-51(41)45/h2-31H,1H3. The van der Waals surface area contributed by atoms with Gasteiger partial charge in [0.1, 0.15) is 22.3 Å². The normalized spacial score (nSPS) is 11.6. The molecular weight excluding hydrogens is 699 g/mol. The summed E-state index contributed by atoms with van der Waals surface area (Å²) in [6.45, 7) is 2.14. The first-order valence-corrected chi connectivity index (χ1v) is 19.1. The largest absolute Gasteiger partial charge is 0.455 e. The van der Waals surface area contributed by atoms with Gasteiger partial charge in [0.05, 0.1) is 11.4 Å². The molecule has 0 bridgehead atoms. The molecule has 0 N–H and O–H groups in total. The molecule has 5 heteroatoms. The van der Waals surface area contributed by atoms with Crippen LogP contribution in [0.1, 0.15) is 5.56 Å². The van der Waals surface area contributed by atoms with Gasteiger partial charge in [-0.05, 0) is 77.7 Å². The monoisotopic (exact) mass is 731 g/mol. The van der Waals surface area contributed by atoms with Crippen LogP contribution in [0.2, 0.25) is 0 Å². The van der Waals surface area contributed by atoms with E-state index in [0.29, 0.717) is 5.82 Å². The van der Waals surface area contributed by atoms with Crippen molar-refractivity contribution in [2.45, 2.75) is 6.92 Å². The van der Waals surface area contributed by atoms with Crippen LogP contribution in [0, 0.1) is 6.92 Å². The lowest BCUT2D eigenvalue weighted by atomic mass is 9.92. The van der Waals surface area contributed by atoms with Gasteiger partial charge in [0.25, 0.3) is 0 Å². The van der Waals surface area contributed by atoms with Gasteiger partial charge in [-0.1, -0.05) is 121 Å². The minimum atomic E-state index is 0.655. The molecule has 0 amide bonds. The molecule has 0 fully saturated rings. The first kappa shape index (κ1) is 32.8. The third kappa shape index (κ3) is 5.68. The fourth-order valence-corrected chi connectivity index (χ4v) is 8.16. The second kappa shape index (κ2) is 13.3. The summed E-state index contributed by atoms with van der Waals surface area (Å²) in [7, 11) is 0. The quantitative estimate of drug-likeness (QED) is 0.170. The lowest BCUT2D eigenvalue weighted by Crippen LogP contribution is -1.97. The predicted molar refractivity (Wildman–Crippen MR) is 232 cm³/mol.